The second-order valence-electron chi connectivity index (χ2n) is 22.4. The summed E-state index contributed by atoms with van der Waals surface area (Å²) < 4.78 is 23.4. The zero-order valence-electron chi connectivity index (χ0n) is 47.9. The van der Waals surface area contributed by atoms with Gasteiger partial charge in [-0.15, -0.1) is 0 Å². The summed E-state index contributed by atoms with van der Waals surface area (Å²) in [5, 5.41) is 13.9. The summed E-state index contributed by atoms with van der Waals surface area (Å²) in [4.78, 5) is 25.5. The number of unbranched alkanes of at least 4 members (excludes halogenated alkanes) is 40. The molecule has 0 aromatic heterocycles. The van der Waals surface area contributed by atoms with Crippen LogP contribution in [0.25, 0.3) is 0 Å². The fourth-order valence-electron chi connectivity index (χ4n) is 9.23. The monoisotopic (exact) mass is 1020 g/mol. The highest BCUT2D eigenvalue weighted by molar-refractivity contribution is 7.45. The van der Waals surface area contributed by atoms with Gasteiger partial charge < -0.3 is 28.8 Å². The summed E-state index contributed by atoms with van der Waals surface area (Å²) >= 11 is 0. The number of carbonyl (C=O) groups excluding carboxylic acids is 1. The third-order valence-electron chi connectivity index (χ3n) is 14.1. The zero-order chi connectivity index (χ0) is 52.0. The van der Waals surface area contributed by atoms with E-state index in [1.165, 1.54) is 244 Å². The van der Waals surface area contributed by atoms with E-state index in [0.29, 0.717) is 17.4 Å². The van der Waals surface area contributed by atoms with Gasteiger partial charge in [0.15, 0.2) is 0 Å². The molecule has 0 saturated heterocycles. The predicted molar refractivity (Wildman–Crippen MR) is 307 cm³/mol. The highest BCUT2D eigenvalue weighted by atomic mass is 31.2. The molecule has 0 aromatic rings. The molecule has 3 atom stereocenters. The van der Waals surface area contributed by atoms with Crippen molar-refractivity contribution in [2.75, 3.05) is 40.9 Å². The van der Waals surface area contributed by atoms with Gasteiger partial charge in [-0.1, -0.05) is 275 Å². The summed E-state index contributed by atoms with van der Waals surface area (Å²) in [6.45, 7) is 4.67. The molecule has 1 amide bonds. The lowest BCUT2D eigenvalue weighted by Gasteiger charge is -2.29. The Hall–Kier alpha value is -1.28. The van der Waals surface area contributed by atoms with Gasteiger partial charge in [-0.3, -0.25) is 9.36 Å². The molecule has 2 N–H and O–H groups in total. The number of nitrogens with zero attached hydrogens (tertiary/aromatic N) is 1. The number of likely N-dealkylation sites (N-methyl/N-ethyl adjacent to an activating group) is 1. The highest BCUT2D eigenvalue weighted by Gasteiger charge is 2.23. The molecule has 3 unspecified atom stereocenters. The van der Waals surface area contributed by atoms with Crippen LogP contribution in [0.15, 0.2) is 36.5 Å². The molecule has 0 radical (unpaired) electrons. The Morgan fingerprint density at radius 2 is 0.789 bits per heavy atom. The summed E-state index contributed by atoms with van der Waals surface area (Å²) in [5.74, 6) is -0.203. The summed E-state index contributed by atoms with van der Waals surface area (Å²) in [7, 11) is 1.25. The minimum absolute atomic E-state index is 0.00519. The molecule has 0 bridgehead atoms. The Labute approximate surface area is 442 Å². The maximum Gasteiger partial charge on any atom is 0.268 e. The molecular weight excluding hydrogens is 900 g/mol. The summed E-state index contributed by atoms with van der Waals surface area (Å²) in [5.41, 5.74) is 0. The van der Waals surface area contributed by atoms with Gasteiger partial charge in [0, 0.05) is 6.42 Å². The van der Waals surface area contributed by atoms with Crippen LogP contribution in [0.2, 0.25) is 0 Å². The van der Waals surface area contributed by atoms with E-state index in [2.05, 4.69) is 43.5 Å². The molecule has 0 spiro atoms. The zero-order valence-corrected chi connectivity index (χ0v) is 48.8. The quantitative estimate of drug-likeness (QED) is 0.0272. The molecule has 420 valence electrons. The lowest BCUT2D eigenvalue weighted by atomic mass is 10.0. The topological polar surface area (TPSA) is 108 Å². The predicted octanol–water partition coefficient (Wildman–Crippen LogP) is 18.3. The largest absolute Gasteiger partial charge is 0.756 e. The Kier molecular flexibility index (Phi) is 52.6. The number of aliphatic hydroxyl groups excluding tert-OH is 1. The first-order valence-corrected chi connectivity index (χ1v) is 32.3. The summed E-state index contributed by atoms with van der Waals surface area (Å²) in [6, 6.07) is -0.903. The number of amides is 1. The van der Waals surface area contributed by atoms with Crippen molar-refractivity contribution in [1.82, 2.24) is 5.32 Å². The van der Waals surface area contributed by atoms with E-state index in [9.17, 15) is 19.4 Å². The van der Waals surface area contributed by atoms with Gasteiger partial charge >= 0.3 is 0 Å². The van der Waals surface area contributed by atoms with E-state index in [1.54, 1.807) is 6.08 Å². The van der Waals surface area contributed by atoms with Crippen LogP contribution in [-0.2, 0) is 18.4 Å². The van der Waals surface area contributed by atoms with Crippen LogP contribution >= 0.6 is 7.82 Å². The van der Waals surface area contributed by atoms with Gasteiger partial charge in [-0.25, -0.2) is 0 Å². The second-order valence-corrected chi connectivity index (χ2v) is 23.8. The van der Waals surface area contributed by atoms with E-state index >= 15 is 0 Å². The fraction of sp³-hybridized carbons (Fsp3) is 0.887. The van der Waals surface area contributed by atoms with Crippen molar-refractivity contribution < 1.29 is 32.9 Å². The van der Waals surface area contributed by atoms with Crippen molar-refractivity contribution in [1.29, 1.82) is 0 Å². The van der Waals surface area contributed by atoms with E-state index in [1.807, 2.05) is 27.2 Å². The van der Waals surface area contributed by atoms with E-state index < -0.39 is 26.6 Å². The molecule has 0 fully saturated rings. The second kappa shape index (κ2) is 53.5. The third kappa shape index (κ3) is 56.3. The smallest absolute Gasteiger partial charge is 0.268 e. The molecule has 0 rings (SSSR count). The Morgan fingerprint density at radius 3 is 1.14 bits per heavy atom. The summed E-state index contributed by atoms with van der Waals surface area (Å²) in [6.07, 6.45) is 69.6. The van der Waals surface area contributed by atoms with E-state index in [4.69, 9.17) is 9.05 Å². The molecule has 0 aliphatic rings. The number of hydrogen-bond acceptors (Lipinski definition) is 6. The molecule has 0 heterocycles. The lowest BCUT2D eigenvalue weighted by Crippen LogP contribution is -2.45. The Balaban J connectivity index is 4.12. The Bertz CT molecular complexity index is 1250. The van der Waals surface area contributed by atoms with Gasteiger partial charge in [0.25, 0.3) is 7.82 Å². The number of quaternary nitrogens is 1. The van der Waals surface area contributed by atoms with Gasteiger partial charge in [0.05, 0.1) is 39.9 Å². The van der Waals surface area contributed by atoms with Crippen LogP contribution in [0.4, 0.5) is 0 Å². The van der Waals surface area contributed by atoms with Crippen molar-refractivity contribution in [2.45, 2.75) is 315 Å². The SMILES string of the molecule is CCCCCCCCCCCCCC/C=C\CCCCCCCCCCCCCCCCC(=O)NC(COP(=O)([O-])OCC[N+](C)(C)C)C(O)/C=C/CC/C=C/CCCCCCCCCCCCCCC. The maximum atomic E-state index is 13.0. The minimum Gasteiger partial charge on any atom is -0.756 e. The van der Waals surface area contributed by atoms with Crippen LogP contribution in [0.3, 0.4) is 0 Å². The van der Waals surface area contributed by atoms with E-state index in [-0.39, 0.29) is 12.5 Å². The maximum absolute atomic E-state index is 13.0. The van der Waals surface area contributed by atoms with Crippen molar-refractivity contribution in [2.24, 2.45) is 0 Å². The van der Waals surface area contributed by atoms with Gasteiger partial charge in [-0.2, -0.15) is 0 Å². The van der Waals surface area contributed by atoms with Crippen LogP contribution in [-0.4, -0.2) is 68.5 Å². The molecule has 8 nitrogen and oxygen atoms in total. The minimum atomic E-state index is -4.60. The van der Waals surface area contributed by atoms with Crippen molar-refractivity contribution in [3.8, 4) is 0 Å². The standard InChI is InChI=1S/C62H121N2O6P/c1-6-8-10-12-14-16-18-20-22-24-26-27-28-29-30-31-32-33-34-35-36-38-40-42-44-46-48-50-52-54-56-62(66)63-60(59-70-71(67,68)69-58-57-64(3,4)5)61(65)55-53-51-49-47-45-43-41-39-37-25-23-21-19-17-15-13-11-9-7-2/h29-30,45,47,53,55,60-61,65H,6-28,31-44,46,48-52,54,56-59H2,1-5H3,(H-,63,66,67,68)/b30-29-,47-45+,55-53+. The van der Waals surface area contributed by atoms with Crippen molar-refractivity contribution in [3.05, 3.63) is 36.5 Å². The van der Waals surface area contributed by atoms with Gasteiger partial charge in [0.1, 0.15) is 13.2 Å². The first kappa shape index (κ1) is 69.7. The van der Waals surface area contributed by atoms with E-state index in [0.717, 1.165) is 38.5 Å². The third-order valence-corrected chi connectivity index (χ3v) is 15.0. The number of rotatable bonds is 57. The number of carbonyl (C=O) groups is 1. The van der Waals surface area contributed by atoms with Crippen LogP contribution < -0.4 is 10.2 Å². The lowest BCUT2D eigenvalue weighted by molar-refractivity contribution is -0.870. The number of nitrogens with one attached hydrogen (secondary N) is 1. The number of aliphatic hydroxyl groups is 1. The van der Waals surface area contributed by atoms with Gasteiger partial charge in [0.2, 0.25) is 5.91 Å². The molecule has 0 aromatic carbocycles. The fourth-order valence-corrected chi connectivity index (χ4v) is 9.95. The van der Waals surface area contributed by atoms with Crippen LogP contribution in [0, 0.1) is 0 Å². The molecule has 9 heteroatoms. The number of hydrogen-bond donors (Lipinski definition) is 2. The molecular formula is C62H121N2O6P. The number of phosphoric ester groups is 1. The average Bonchev–Trinajstić information content (AvgIpc) is 3.33. The molecule has 0 aliphatic heterocycles. The van der Waals surface area contributed by atoms with Gasteiger partial charge in [-0.05, 0) is 57.8 Å². The molecule has 0 aliphatic carbocycles. The highest BCUT2D eigenvalue weighted by Crippen LogP contribution is 2.38. The number of allylic oxidation sites excluding steroid dienone is 5. The van der Waals surface area contributed by atoms with Crippen molar-refractivity contribution >= 4 is 13.7 Å². The Morgan fingerprint density at radius 1 is 0.479 bits per heavy atom. The van der Waals surface area contributed by atoms with Crippen molar-refractivity contribution in [3.63, 3.8) is 0 Å². The number of phosphoric acid groups is 1. The molecule has 71 heavy (non-hydrogen) atoms. The average molecular weight is 1020 g/mol. The molecule has 0 saturated carbocycles. The first-order valence-electron chi connectivity index (χ1n) is 30.9. The normalized spacial score (nSPS) is 14.1. The first-order chi connectivity index (χ1) is 34.5. The van der Waals surface area contributed by atoms with Crippen LogP contribution in [0.1, 0.15) is 303 Å². The van der Waals surface area contributed by atoms with Crippen LogP contribution in [0.5, 0.6) is 0 Å².